The Morgan fingerprint density at radius 2 is 1.92 bits per heavy atom. The summed E-state index contributed by atoms with van der Waals surface area (Å²) < 4.78 is 53.4. The van der Waals surface area contributed by atoms with Gasteiger partial charge in [0.25, 0.3) is 5.91 Å². The third-order valence-corrected chi connectivity index (χ3v) is 6.44. The van der Waals surface area contributed by atoms with Gasteiger partial charge in [0.1, 0.15) is 11.6 Å². The molecule has 190 valence electrons. The van der Waals surface area contributed by atoms with Gasteiger partial charge in [-0.3, -0.25) is 4.79 Å². The van der Waals surface area contributed by atoms with E-state index in [1.165, 1.54) is 42.7 Å². The van der Waals surface area contributed by atoms with Gasteiger partial charge in [0.15, 0.2) is 14.9 Å². The lowest BCUT2D eigenvalue weighted by Gasteiger charge is -2.21. The molecule has 1 fully saturated rings. The van der Waals surface area contributed by atoms with Crippen LogP contribution in [-0.2, 0) is 9.84 Å². The molecule has 1 aliphatic rings. The molecule has 2 aromatic heterocycles. The number of halogens is 3. The summed E-state index contributed by atoms with van der Waals surface area (Å²) >= 11 is 4.75. The van der Waals surface area contributed by atoms with Crippen LogP contribution in [0.2, 0.25) is 0 Å². The van der Waals surface area contributed by atoms with Crippen molar-refractivity contribution in [3.63, 3.8) is 0 Å². The number of ether oxygens (including phenoxy) is 1. The summed E-state index contributed by atoms with van der Waals surface area (Å²) in [6.45, 7) is 0.910. The maximum absolute atomic E-state index is 12.9. The topological polar surface area (TPSA) is 122 Å². The number of β-amino-alcohol motifs (C(OH)–C–C–N with tert-alkyl or cyclic N) is 1. The number of alkyl halides is 3. The maximum atomic E-state index is 12.9. The van der Waals surface area contributed by atoms with E-state index in [-0.39, 0.29) is 16.3 Å². The summed E-state index contributed by atoms with van der Waals surface area (Å²) in [4.78, 5) is 23.3. The van der Waals surface area contributed by atoms with Crippen LogP contribution in [-0.4, -0.2) is 60.4 Å². The zero-order valence-electron chi connectivity index (χ0n) is 18.9. The standard InChI is InChI=1S/C23H21ClF2N4O5S/c1-36(33,34)20-7-2-14(11-27-20)19-10-15(12-28-21(19)30-9-8-17(31)13-30)22(32)29-16-3-5-18(6-4-16)35-23(24,25)26/h2-7,10-12,17,31H,8-9,13H2,1H3,(H,29,32)/t17-/m0/s1. The molecule has 0 unspecified atom stereocenters. The number of amides is 1. The fourth-order valence-electron chi connectivity index (χ4n) is 3.68. The summed E-state index contributed by atoms with van der Waals surface area (Å²) in [5.74, 6) is -0.187. The molecule has 13 heteroatoms. The summed E-state index contributed by atoms with van der Waals surface area (Å²) in [6, 6.07) is 9.73. The van der Waals surface area contributed by atoms with Crippen molar-refractivity contribution in [2.75, 3.05) is 29.6 Å². The lowest BCUT2D eigenvalue weighted by molar-refractivity contribution is -0.0964. The van der Waals surface area contributed by atoms with Crippen molar-refractivity contribution >= 4 is 38.9 Å². The lowest BCUT2D eigenvalue weighted by atomic mass is 10.1. The van der Waals surface area contributed by atoms with Gasteiger partial charge in [0.2, 0.25) is 0 Å². The predicted octanol–water partition coefficient (Wildman–Crippen LogP) is 3.54. The highest BCUT2D eigenvalue weighted by Crippen LogP contribution is 2.32. The molecule has 0 bridgehead atoms. The first-order chi connectivity index (χ1) is 16.9. The molecule has 0 aliphatic carbocycles. The van der Waals surface area contributed by atoms with Gasteiger partial charge in [-0.25, -0.2) is 18.4 Å². The van der Waals surface area contributed by atoms with Crippen molar-refractivity contribution in [1.82, 2.24) is 9.97 Å². The molecular formula is C23H21ClF2N4O5S. The summed E-state index contributed by atoms with van der Waals surface area (Å²) in [5, 5.41) is 12.5. The van der Waals surface area contributed by atoms with E-state index in [1.807, 2.05) is 4.90 Å². The number of pyridine rings is 2. The number of hydrogen-bond donors (Lipinski definition) is 2. The van der Waals surface area contributed by atoms with Crippen molar-refractivity contribution in [1.29, 1.82) is 0 Å². The normalized spacial score (nSPS) is 16.1. The molecule has 1 saturated heterocycles. The van der Waals surface area contributed by atoms with E-state index in [4.69, 9.17) is 11.6 Å². The van der Waals surface area contributed by atoms with Gasteiger partial charge in [-0.1, -0.05) is 0 Å². The minimum Gasteiger partial charge on any atom is -0.420 e. The minimum atomic E-state index is -3.85. The second-order valence-corrected chi connectivity index (χ2v) is 10.6. The molecule has 4 rings (SSSR count). The van der Waals surface area contributed by atoms with Gasteiger partial charge >= 0.3 is 5.57 Å². The highest BCUT2D eigenvalue weighted by atomic mass is 35.5. The first kappa shape index (κ1) is 25.7. The molecule has 0 spiro atoms. The number of carbonyl (C=O) groups is 1. The number of sulfone groups is 1. The maximum Gasteiger partial charge on any atom is 0.487 e. The molecule has 0 saturated carbocycles. The molecule has 0 radical (unpaired) electrons. The monoisotopic (exact) mass is 538 g/mol. The average Bonchev–Trinajstić information content (AvgIpc) is 3.24. The van der Waals surface area contributed by atoms with E-state index in [0.717, 1.165) is 6.26 Å². The van der Waals surface area contributed by atoms with Crippen LogP contribution in [0.1, 0.15) is 16.8 Å². The summed E-state index contributed by atoms with van der Waals surface area (Å²) in [7, 11) is -3.50. The first-order valence-corrected chi connectivity index (χ1v) is 12.9. The van der Waals surface area contributed by atoms with Crippen LogP contribution in [0.15, 0.2) is 59.9 Å². The number of benzene rings is 1. The SMILES string of the molecule is CS(=O)(=O)c1ccc(-c2cc(C(=O)Nc3ccc(OC(F)(F)Cl)cc3)cnc2N2CC[C@H](O)C2)cn1. The number of carbonyl (C=O) groups excluding carboxylic acids is 1. The number of nitrogens with zero attached hydrogens (tertiary/aromatic N) is 3. The van der Waals surface area contributed by atoms with Gasteiger partial charge in [0, 0.05) is 60.2 Å². The Morgan fingerprint density at radius 3 is 2.47 bits per heavy atom. The van der Waals surface area contributed by atoms with Crippen LogP contribution in [0.4, 0.5) is 20.3 Å². The Kier molecular flexibility index (Phi) is 7.12. The smallest absolute Gasteiger partial charge is 0.420 e. The van der Waals surface area contributed by atoms with Gasteiger partial charge in [0.05, 0.1) is 11.7 Å². The molecule has 3 heterocycles. The molecule has 9 nitrogen and oxygen atoms in total. The van der Waals surface area contributed by atoms with Gasteiger partial charge < -0.3 is 20.1 Å². The Hall–Kier alpha value is -3.35. The van der Waals surface area contributed by atoms with Crippen LogP contribution in [0.25, 0.3) is 11.1 Å². The fraction of sp³-hybridized carbons (Fsp3) is 0.261. The van der Waals surface area contributed by atoms with E-state index in [2.05, 4.69) is 20.0 Å². The van der Waals surface area contributed by atoms with Gasteiger partial charge in [-0.05, 0) is 48.9 Å². The van der Waals surface area contributed by atoms with E-state index < -0.39 is 27.4 Å². The number of anilines is 2. The Bertz CT molecular complexity index is 1370. The third kappa shape index (κ3) is 6.25. The second kappa shape index (κ2) is 9.96. The molecule has 1 aromatic carbocycles. The molecule has 2 N–H and O–H groups in total. The van der Waals surface area contributed by atoms with Crippen LogP contribution in [0.5, 0.6) is 5.75 Å². The number of rotatable bonds is 7. The van der Waals surface area contributed by atoms with Crippen molar-refractivity contribution < 1.29 is 31.8 Å². The van der Waals surface area contributed by atoms with E-state index >= 15 is 0 Å². The predicted molar refractivity (Wildman–Crippen MR) is 129 cm³/mol. The highest BCUT2D eigenvalue weighted by molar-refractivity contribution is 7.90. The largest absolute Gasteiger partial charge is 0.487 e. The highest BCUT2D eigenvalue weighted by Gasteiger charge is 2.28. The molecule has 36 heavy (non-hydrogen) atoms. The molecular weight excluding hydrogens is 518 g/mol. The zero-order valence-corrected chi connectivity index (χ0v) is 20.4. The molecule has 1 amide bonds. The van der Waals surface area contributed by atoms with E-state index in [0.29, 0.717) is 42.1 Å². The minimum absolute atomic E-state index is 0.0920. The van der Waals surface area contributed by atoms with Crippen molar-refractivity contribution in [2.45, 2.75) is 23.1 Å². The Balaban J connectivity index is 1.63. The van der Waals surface area contributed by atoms with E-state index in [1.54, 1.807) is 12.1 Å². The van der Waals surface area contributed by atoms with Crippen LogP contribution in [0, 0.1) is 0 Å². The second-order valence-electron chi connectivity index (χ2n) is 8.17. The molecule has 1 atom stereocenters. The van der Waals surface area contributed by atoms with Crippen LogP contribution >= 0.6 is 11.6 Å². The van der Waals surface area contributed by atoms with Crippen molar-refractivity contribution in [2.24, 2.45) is 0 Å². The first-order valence-electron chi connectivity index (χ1n) is 10.7. The fourth-order valence-corrected chi connectivity index (χ4v) is 4.33. The number of aliphatic hydroxyl groups is 1. The van der Waals surface area contributed by atoms with Crippen LogP contribution < -0.4 is 15.0 Å². The Labute approximate surface area is 210 Å². The van der Waals surface area contributed by atoms with Crippen molar-refractivity contribution in [3.05, 3.63) is 60.4 Å². The number of nitrogens with one attached hydrogen (secondary N) is 1. The van der Waals surface area contributed by atoms with E-state index in [9.17, 15) is 27.1 Å². The van der Waals surface area contributed by atoms with Crippen LogP contribution in [0.3, 0.4) is 0 Å². The van der Waals surface area contributed by atoms with Gasteiger partial charge in [-0.15, -0.1) is 8.78 Å². The van der Waals surface area contributed by atoms with Gasteiger partial charge in [-0.2, -0.15) is 0 Å². The quantitative estimate of drug-likeness (QED) is 0.438. The molecule has 3 aromatic rings. The average molecular weight is 539 g/mol. The zero-order chi connectivity index (χ0) is 26.1. The summed E-state index contributed by atoms with van der Waals surface area (Å²) in [5.41, 5.74) is -2.29. The molecule has 1 aliphatic heterocycles. The third-order valence-electron chi connectivity index (χ3n) is 5.36. The number of aliphatic hydroxyl groups excluding tert-OH is 1. The number of aromatic nitrogens is 2. The Morgan fingerprint density at radius 1 is 1.19 bits per heavy atom. The van der Waals surface area contributed by atoms with Crippen molar-refractivity contribution in [3.8, 4) is 16.9 Å². The lowest BCUT2D eigenvalue weighted by Crippen LogP contribution is -2.23. The number of hydrogen-bond acceptors (Lipinski definition) is 8. The summed E-state index contributed by atoms with van der Waals surface area (Å²) in [6.07, 6.45) is 3.86.